The van der Waals surface area contributed by atoms with E-state index in [-0.39, 0.29) is 17.2 Å². The van der Waals surface area contributed by atoms with Gasteiger partial charge in [-0.15, -0.1) is 0 Å². The lowest BCUT2D eigenvalue weighted by Crippen LogP contribution is -2.22. The highest BCUT2D eigenvalue weighted by Gasteiger charge is 2.64. The van der Waals surface area contributed by atoms with Gasteiger partial charge in [0.1, 0.15) is 12.4 Å². The van der Waals surface area contributed by atoms with Gasteiger partial charge >= 0.3 is 0 Å². The van der Waals surface area contributed by atoms with Crippen LogP contribution in [0, 0.1) is 17.3 Å². The van der Waals surface area contributed by atoms with Gasteiger partial charge in [-0.3, -0.25) is 4.79 Å². The average Bonchev–Trinajstić information content (AvgIpc) is 3.33. The standard InChI is InChI=1S/C23H24Br2N2O2/c1-23-10-6-5-9-17(23)20(23)22(28)27-26-13-16-11-18(24)21(19(25)12-16)29-14-15-7-3-2-4-8-15/h2-4,7-8,11-13,17,20H,5-6,9-10,14H2,1H3,(H,27,28)/b26-13-/t17-,20+,23-/m0/s1. The summed E-state index contributed by atoms with van der Waals surface area (Å²) in [4.78, 5) is 12.5. The topological polar surface area (TPSA) is 50.7 Å². The van der Waals surface area contributed by atoms with Gasteiger partial charge in [-0.1, -0.05) is 50.1 Å². The van der Waals surface area contributed by atoms with Gasteiger partial charge in [0.2, 0.25) is 5.91 Å². The maximum absolute atomic E-state index is 12.5. The van der Waals surface area contributed by atoms with Crippen molar-refractivity contribution in [1.29, 1.82) is 0 Å². The van der Waals surface area contributed by atoms with Crippen molar-refractivity contribution in [3.8, 4) is 5.75 Å². The largest absolute Gasteiger partial charge is 0.487 e. The summed E-state index contributed by atoms with van der Waals surface area (Å²) in [6.07, 6.45) is 6.48. The minimum atomic E-state index is 0.0524. The van der Waals surface area contributed by atoms with E-state index in [1.54, 1.807) is 6.21 Å². The number of hydrogen-bond acceptors (Lipinski definition) is 3. The maximum Gasteiger partial charge on any atom is 0.244 e. The van der Waals surface area contributed by atoms with E-state index in [0.29, 0.717) is 12.5 Å². The predicted molar refractivity (Wildman–Crippen MR) is 122 cm³/mol. The Hall–Kier alpha value is -1.66. The average molecular weight is 520 g/mol. The molecule has 0 aromatic heterocycles. The van der Waals surface area contributed by atoms with Gasteiger partial charge in [-0.2, -0.15) is 5.10 Å². The van der Waals surface area contributed by atoms with Crippen molar-refractivity contribution < 1.29 is 9.53 Å². The number of rotatable bonds is 6. The highest BCUT2D eigenvalue weighted by molar-refractivity contribution is 9.11. The summed E-state index contributed by atoms with van der Waals surface area (Å²) >= 11 is 7.14. The molecule has 29 heavy (non-hydrogen) atoms. The Morgan fingerprint density at radius 1 is 1.24 bits per heavy atom. The molecule has 2 saturated carbocycles. The van der Waals surface area contributed by atoms with Crippen LogP contribution in [-0.2, 0) is 11.4 Å². The molecule has 2 aromatic carbocycles. The number of hydrazone groups is 1. The van der Waals surface area contributed by atoms with E-state index in [0.717, 1.165) is 32.2 Å². The number of halogens is 2. The third-order valence-electron chi connectivity index (χ3n) is 6.25. The second-order valence-corrected chi connectivity index (χ2v) is 9.87. The number of amides is 1. The van der Waals surface area contributed by atoms with Crippen molar-refractivity contribution in [2.45, 2.75) is 39.2 Å². The maximum atomic E-state index is 12.5. The Bertz CT molecular complexity index is 909. The van der Waals surface area contributed by atoms with E-state index in [2.05, 4.69) is 49.3 Å². The highest BCUT2D eigenvalue weighted by atomic mass is 79.9. The molecule has 1 amide bonds. The molecular weight excluding hydrogens is 496 g/mol. The molecule has 0 radical (unpaired) electrons. The fraction of sp³-hybridized carbons (Fsp3) is 0.391. The van der Waals surface area contributed by atoms with Crippen LogP contribution in [0.15, 0.2) is 56.5 Å². The molecule has 2 aromatic rings. The molecule has 2 fully saturated rings. The predicted octanol–water partition coefficient (Wildman–Crippen LogP) is 6.07. The summed E-state index contributed by atoms with van der Waals surface area (Å²) in [5, 5.41) is 4.19. The molecule has 152 valence electrons. The number of carbonyl (C=O) groups is 1. The zero-order valence-corrected chi connectivity index (χ0v) is 19.5. The van der Waals surface area contributed by atoms with Gasteiger partial charge in [0.25, 0.3) is 0 Å². The molecule has 6 heteroatoms. The van der Waals surface area contributed by atoms with Crippen LogP contribution in [0.3, 0.4) is 0 Å². The van der Waals surface area contributed by atoms with E-state index in [4.69, 9.17) is 4.74 Å². The number of nitrogens with one attached hydrogen (secondary N) is 1. The number of carbonyl (C=O) groups excluding carboxylic acids is 1. The Kier molecular flexibility index (Phi) is 6.11. The minimum Gasteiger partial charge on any atom is -0.487 e. The summed E-state index contributed by atoms with van der Waals surface area (Å²) in [5.74, 6) is 1.45. The second kappa shape index (κ2) is 8.60. The Morgan fingerprint density at radius 2 is 1.97 bits per heavy atom. The van der Waals surface area contributed by atoms with Crippen molar-refractivity contribution in [2.75, 3.05) is 0 Å². The van der Waals surface area contributed by atoms with Gasteiger partial charge in [0, 0.05) is 5.92 Å². The SMILES string of the molecule is C[C@]12CCCC[C@H]1[C@@H]2C(=O)N/N=C\c1cc(Br)c(OCc2ccccc2)c(Br)c1. The number of ether oxygens (including phenoxy) is 1. The van der Waals surface area contributed by atoms with Crippen molar-refractivity contribution >= 4 is 44.0 Å². The lowest BCUT2D eigenvalue weighted by molar-refractivity contribution is -0.123. The lowest BCUT2D eigenvalue weighted by Gasteiger charge is -2.15. The van der Waals surface area contributed by atoms with E-state index < -0.39 is 0 Å². The monoisotopic (exact) mass is 518 g/mol. The van der Waals surface area contributed by atoms with Crippen LogP contribution >= 0.6 is 31.9 Å². The first-order chi connectivity index (χ1) is 14.0. The molecule has 0 spiro atoms. The smallest absolute Gasteiger partial charge is 0.244 e. The number of nitrogens with zero attached hydrogens (tertiary/aromatic N) is 1. The normalized spacial score (nSPS) is 25.5. The third kappa shape index (κ3) is 4.43. The van der Waals surface area contributed by atoms with Crippen molar-refractivity contribution in [3.05, 3.63) is 62.5 Å². The summed E-state index contributed by atoms with van der Waals surface area (Å²) in [6.45, 7) is 2.73. The van der Waals surface area contributed by atoms with E-state index in [1.807, 2.05) is 42.5 Å². The van der Waals surface area contributed by atoms with Crippen LogP contribution < -0.4 is 10.2 Å². The first-order valence-electron chi connectivity index (χ1n) is 9.98. The van der Waals surface area contributed by atoms with Gasteiger partial charge in [-0.05, 0) is 79.3 Å². The zero-order chi connectivity index (χ0) is 20.4. The first kappa shape index (κ1) is 20.6. The Labute approximate surface area is 188 Å². The molecule has 1 N–H and O–H groups in total. The van der Waals surface area contributed by atoms with Crippen LogP contribution in [0.25, 0.3) is 0 Å². The molecule has 2 aliphatic carbocycles. The highest BCUT2D eigenvalue weighted by Crippen LogP contribution is 2.66. The Balaban J connectivity index is 1.36. The van der Waals surface area contributed by atoms with Crippen molar-refractivity contribution in [2.24, 2.45) is 22.4 Å². The van der Waals surface area contributed by atoms with Crippen LogP contribution in [0.5, 0.6) is 5.75 Å². The first-order valence-corrected chi connectivity index (χ1v) is 11.6. The molecule has 0 aliphatic heterocycles. The molecule has 4 rings (SSSR count). The Morgan fingerprint density at radius 3 is 2.62 bits per heavy atom. The molecule has 3 atom stereocenters. The van der Waals surface area contributed by atoms with Crippen LogP contribution in [0.2, 0.25) is 0 Å². The van der Waals surface area contributed by atoms with Crippen molar-refractivity contribution in [1.82, 2.24) is 5.43 Å². The van der Waals surface area contributed by atoms with E-state index >= 15 is 0 Å². The molecule has 0 saturated heterocycles. The molecule has 0 bridgehead atoms. The summed E-state index contributed by atoms with van der Waals surface area (Å²) < 4.78 is 7.61. The van der Waals surface area contributed by atoms with Crippen LogP contribution in [0.1, 0.15) is 43.7 Å². The zero-order valence-electron chi connectivity index (χ0n) is 16.3. The van der Waals surface area contributed by atoms with Gasteiger partial charge in [0.05, 0.1) is 15.2 Å². The molecule has 2 aliphatic rings. The summed E-state index contributed by atoms with van der Waals surface area (Å²) in [6, 6.07) is 13.9. The fourth-order valence-electron chi connectivity index (χ4n) is 4.61. The fourth-order valence-corrected chi connectivity index (χ4v) is 6.06. The molecule has 4 nitrogen and oxygen atoms in total. The quantitative estimate of drug-likeness (QED) is 0.372. The lowest BCUT2D eigenvalue weighted by atomic mass is 9.90. The molecule has 0 heterocycles. The minimum absolute atomic E-state index is 0.0524. The second-order valence-electron chi connectivity index (χ2n) is 8.16. The van der Waals surface area contributed by atoms with E-state index in [1.165, 1.54) is 19.3 Å². The van der Waals surface area contributed by atoms with Crippen LogP contribution in [0.4, 0.5) is 0 Å². The van der Waals surface area contributed by atoms with E-state index in [9.17, 15) is 4.79 Å². The van der Waals surface area contributed by atoms with Crippen LogP contribution in [-0.4, -0.2) is 12.1 Å². The third-order valence-corrected chi connectivity index (χ3v) is 7.43. The van der Waals surface area contributed by atoms with Gasteiger partial charge in [0.15, 0.2) is 0 Å². The van der Waals surface area contributed by atoms with Gasteiger partial charge < -0.3 is 4.74 Å². The number of hydrogen-bond donors (Lipinski definition) is 1. The molecular formula is C23H24Br2N2O2. The summed E-state index contributed by atoms with van der Waals surface area (Å²) in [7, 11) is 0. The number of fused-ring (bicyclic) bond motifs is 1. The molecule has 0 unspecified atom stereocenters. The summed E-state index contributed by atoms with van der Waals surface area (Å²) in [5.41, 5.74) is 4.92. The number of benzene rings is 2. The van der Waals surface area contributed by atoms with Crippen molar-refractivity contribution in [3.63, 3.8) is 0 Å². The van der Waals surface area contributed by atoms with Gasteiger partial charge in [-0.25, -0.2) is 5.43 Å².